The third-order valence-electron chi connectivity index (χ3n) is 2.81. The van der Waals surface area contributed by atoms with Gasteiger partial charge in [0.2, 0.25) is 0 Å². The van der Waals surface area contributed by atoms with Crippen molar-refractivity contribution in [1.82, 2.24) is 4.98 Å². The molecule has 0 radical (unpaired) electrons. The first-order valence-corrected chi connectivity index (χ1v) is 5.59. The SMILES string of the molecule is COC(C)(C)Cc1nc2ccc(C(=O)O)cc2o1. The summed E-state index contributed by atoms with van der Waals surface area (Å²) >= 11 is 0. The fraction of sp³-hybridized carbons (Fsp3) is 0.385. The van der Waals surface area contributed by atoms with Gasteiger partial charge in [0, 0.05) is 7.11 Å². The van der Waals surface area contributed by atoms with Gasteiger partial charge in [-0.3, -0.25) is 0 Å². The average Bonchev–Trinajstić information content (AvgIpc) is 2.68. The number of aromatic carboxylic acids is 1. The van der Waals surface area contributed by atoms with E-state index in [2.05, 4.69) is 4.98 Å². The molecule has 0 atom stereocenters. The number of carboxylic acid groups (broad SMARTS) is 1. The Morgan fingerprint density at radius 3 is 2.83 bits per heavy atom. The number of rotatable bonds is 4. The predicted molar refractivity (Wildman–Crippen MR) is 65.8 cm³/mol. The van der Waals surface area contributed by atoms with Gasteiger partial charge in [-0.15, -0.1) is 0 Å². The first-order chi connectivity index (χ1) is 8.41. The maximum Gasteiger partial charge on any atom is 0.335 e. The molecule has 1 heterocycles. The highest BCUT2D eigenvalue weighted by atomic mass is 16.5. The highest BCUT2D eigenvalue weighted by Crippen LogP contribution is 2.21. The van der Waals surface area contributed by atoms with Crippen LogP contribution in [-0.2, 0) is 11.2 Å². The van der Waals surface area contributed by atoms with E-state index >= 15 is 0 Å². The van der Waals surface area contributed by atoms with Crippen LogP contribution in [0.5, 0.6) is 0 Å². The van der Waals surface area contributed by atoms with Crippen LogP contribution in [0, 0.1) is 0 Å². The van der Waals surface area contributed by atoms with Gasteiger partial charge in [0.05, 0.1) is 17.6 Å². The average molecular weight is 249 g/mol. The zero-order chi connectivity index (χ0) is 13.3. The molecule has 0 fully saturated rings. The first kappa shape index (κ1) is 12.6. The first-order valence-electron chi connectivity index (χ1n) is 5.59. The molecule has 0 unspecified atom stereocenters. The van der Waals surface area contributed by atoms with Gasteiger partial charge in [-0.1, -0.05) is 0 Å². The second-order valence-corrected chi connectivity index (χ2v) is 4.74. The van der Waals surface area contributed by atoms with Crippen molar-refractivity contribution in [3.8, 4) is 0 Å². The second kappa shape index (κ2) is 4.42. The van der Waals surface area contributed by atoms with Crippen molar-refractivity contribution < 1.29 is 19.1 Å². The van der Waals surface area contributed by atoms with Crippen molar-refractivity contribution in [2.24, 2.45) is 0 Å². The molecular weight excluding hydrogens is 234 g/mol. The van der Waals surface area contributed by atoms with Gasteiger partial charge in [0.15, 0.2) is 11.5 Å². The van der Waals surface area contributed by atoms with Gasteiger partial charge >= 0.3 is 5.97 Å². The van der Waals surface area contributed by atoms with Crippen molar-refractivity contribution in [2.45, 2.75) is 25.9 Å². The van der Waals surface area contributed by atoms with Crippen molar-refractivity contribution >= 4 is 17.1 Å². The summed E-state index contributed by atoms with van der Waals surface area (Å²) in [5, 5.41) is 8.89. The number of aromatic nitrogens is 1. The molecule has 2 aromatic rings. The van der Waals surface area contributed by atoms with E-state index in [0.29, 0.717) is 23.4 Å². The Hall–Kier alpha value is -1.88. The highest BCUT2D eigenvalue weighted by molar-refractivity contribution is 5.91. The number of ether oxygens (including phenoxy) is 1. The fourth-order valence-electron chi connectivity index (χ4n) is 1.62. The molecule has 0 saturated heterocycles. The zero-order valence-electron chi connectivity index (χ0n) is 10.6. The monoisotopic (exact) mass is 249 g/mol. The van der Waals surface area contributed by atoms with E-state index in [1.807, 2.05) is 13.8 Å². The molecule has 0 aliphatic heterocycles. The molecule has 1 aromatic carbocycles. The summed E-state index contributed by atoms with van der Waals surface area (Å²) in [7, 11) is 1.63. The summed E-state index contributed by atoms with van der Waals surface area (Å²) in [5.74, 6) is -0.438. The van der Waals surface area contributed by atoms with E-state index in [0.717, 1.165) is 0 Å². The molecule has 96 valence electrons. The third-order valence-corrected chi connectivity index (χ3v) is 2.81. The fourth-order valence-corrected chi connectivity index (χ4v) is 1.62. The highest BCUT2D eigenvalue weighted by Gasteiger charge is 2.21. The van der Waals surface area contributed by atoms with Crippen LogP contribution < -0.4 is 0 Å². The van der Waals surface area contributed by atoms with Crippen LogP contribution in [0.2, 0.25) is 0 Å². The molecular formula is C13H15NO4. The van der Waals surface area contributed by atoms with Gasteiger partial charge in [0.1, 0.15) is 5.52 Å². The van der Waals surface area contributed by atoms with Crippen LogP contribution in [0.1, 0.15) is 30.1 Å². The molecule has 0 saturated carbocycles. The Balaban J connectivity index is 2.35. The summed E-state index contributed by atoms with van der Waals surface area (Å²) in [6, 6.07) is 4.64. The number of carbonyl (C=O) groups is 1. The normalized spacial score (nSPS) is 11.9. The Kier molecular flexibility index (Phi) is 3.09. The lowest BCUT2D eigenvalue weighted by Gasteiger charge is -2.20. The number of oxazole rings is 1. The van der Waals surface area contributed by atoms with E-state index in [-0.39, 0.29) is 11.2 Å². The van der Waals surface area contributed by atoms with Crippen LogP contribution >= 0.6 is 0 Å². The van der Waals surface area contributed by atoms with Crippen molar-refractivity contribution in [1.29, 1.82) is 0 Å². The number of nitrogens with zero attached hydrogens (tertiary/aromatic N) is 1. The van der Waals surface area contributed by atoms with Gasteiger partial charge in [0.25, 0.3) is 0 Å². The summed E-state index contributed by atoms with van der Waals surface area (Å²) in [5.41, 5.74) is 0.964. The smallest absolute Gasteiger partial charge is 0.335 e. The van der Waals surface area contributed by atoms with Crippen LogP contribution in [0.3, 0.4) is 0 Å². The van der Waals surface area contributed by atoms with E-state index in [1.54, 1.807) is 13.2 Å². The maximum absolute atomic E-state index is 10.8. The lowest BCUT2D eigenvalue weighted by Crippen LogP contribution is -2.25. The Labute approximate surface area is 104 Å². The molecule has 1 N–H and O–H groups in total. The largest absolute Gasteiger partial charge is 0.478 e. The molecule has 0 aliphatic carbocycles. The molecule has 2 rings (SSSR count). The quantitative estimate of drug-likeness (QED) is 0.901. The Bertz CT molecular complexity index is 586. The van der Waals surface area contributed by atoms with Crippen molar-refractivity contribution in [2.75, 3.05) is 7.11 Å². The molecule has 5 nitrogen and oxygen atoms in total. The minimum atomic E-state index is -0.980. The molecule has 0 aliphatic rings. The van der Waals surface area contributed by atoms with E-state index in [9.17, 15) is 4.79 Å². The van der Waals surface area contributed by atoms with Gasteiger partial charge in [-0.05, 0) is 32.0 Å². The minimum absolute atomic E-state index is 0.191. The van der Waals surface area contributed by atoms with Gasteiger partial charge < -0.3 is 14.3 Å². The molecule has 18 heavy (non-hydrogen) atoms. The number of fused-ring (bicyclic) bond motifs is 1. The summed E-state index contributed by atoms with van der Waals surface area (Å²) in [4.78, 5) is 15.2. The van der Waals surface area contributed by atoms with Crippen LogP contribution in [-0.4, -0.2) is 28.8 Å². The van der Waals surface area contributed by atoms with E-state index in [4.69, 9.17) is 14.3 Å². The topological polar surface area (TPSA) is 72.6 Å². The number of hydrogen-bond donors (Lipinski definition) is 1. The zero-order valence-corrected chi connectivity index (χ0v) is 10.6. The molecule has 0 spiro atoms. The van der Waals surface area contributed by atoms with E-state index in [1.165, 1.54) is 12.1 Å². The Morgan fingerprint density at radius 1 is 1.50 bits per heavy atom. The van der Waals surface area contributed by atoms with Gasteiger partial charge in [-0.2, -0.15) is 0 Å². The molecule has 1 aromatic heterocycles. The third kappa shape index (κ3) is 2.51. The summed E-state index contributed by atoms with van der Waals surface area (Å²) < 4.78 is 10.8. The van der Waals surface area contributed by atoms with Crippen molar-refractivity contribution in [3.63, 3.8) is 0 Å². The number of hydrogen-bond acceptors (Lipinski definition) is 4. The maximum atomic E-state index is 10.8. The summed E-state index contributed by atoms with van der Waals surface area (Å²) in [6.45, 7) is 3.87. The minimum Gasteiger partial charge on any atom is -0.478 e. The number of methoxy groups -OCH3 is 1. The summed E-state index contributed by atoms with van der Waals surface area (Å²) in [6.07, 6.45) is 0.528. The van der Waals surface area contributed by atoms with Crippen LogP contribution in [0.25, 0.3) is 11.1 Å². The number of carboxylic acids is 1. The second-order valence-electron chi connectivity index (χ2n) is 4.74. The lowest BCUT2D eigenvalue weighted by molar-refractivity contribution is 0.0184. The van der Waals surface area contributed by atoms with Gasteiger partial charge in [-0.25, -0.2) is 9.78 Å². The van der Waals surface area contributed by atoms with Crippen LogP contribution in [0.15, 0.2) is 22.6 Å². The lowest BCUT2D eigenvalue weighted by atomic mass is 10.1. The van der Waals surface area contributed by atoms with Crippen molar-refractivity contribution in [3.05, 3.63) is 29.7 Å². The molecule has 5 heteroatoms. The Morgan fingerprint density at radius 2 is 2.22 bits per heavy atom. The standard InChI is InChI=1S/C13H15NO4/c1-13(2,17-3)7-11-14-9-5-4-8(12(15)16)6-10(9)18-11/h4-6H,7H2,1-3H3,(H,15,16). The molecule has 0 amide bonds. The number of benzene rings is 1. The predicted octanol–water partition coefficient (Wildman–Crippen LogP) is 2.49. The van der Waals surface area contributed by atoms with E-state index < -0.39 is 5.97 Å². The molecule has 0 bridgehead atoms. The van der Waals surface area contributed by atoms with Crippen LogP contribution in [0.4, 0.5) is 0 Å².